The van der Waals surface area contributed by atoms with Crippen molar-refractivity contribution >= 4 is 34.4 Å². The van der Waals surface area contributed by atoms with Crippen molar-refractivity contribution in [1.82, 2.24) is 4.37 Å². The summed E-state index contributed by atoms with van der Waals surface area (Å²) in [5, 5.41) is 0.781. The van der Waals surface area contributed by atoms with Gasteiger partial charge in [-0.05, 0) is 31.4 Å². The van der Waals surface area contributed by atoms with E-state index >= 15 is 0 Å². The van der Waals surface area contributed by atoms with E-state index in [-0.39, 0.29) is 13.2 Å². The molecule has 0 aliphatic heterocycles. The van der Waals surface area contributed by atoms with Crippen LogP contribution in [0, 0.1) is 0 Å². The largest absolute Gasteiger partial charge is 0.465 e. The number of rotatable bonds is 5. The molecule has 6 heteroatoms. The molecule has 1 aromatic heterocycles. The zero-order valence-electron chi connectivity index (χ0n) is 11.3. The maximum absolute atomic E-state index is 12.1. The first-order chi connectivity index (χ1) is 9.69. The molecule has 0 unspecified atom stereocenters. The Kier molecular flexibility index (Phi) is 4.68. The summed E-state index contributed by atoms with van der Waals surface area (Å²) in [6.07, 6.45) is 0. The fraction of sp³-hybridized carbons (Fsp3) is 0.357. The predicted octanol–water partition coefficient (Wildman–Crippen LogP) is 2.51. The molecule has 20 heavy (non-hydrogen) atoms. The number of benzene rings is 1. The summed E-state index contributed by atoms with van der Waals surface area (Å²) >= 11 is 1.13. The van der Waals surface area contributed by atoms with E-state index in [2.05, 4.69) is 4.37 Å². The first-order valence-electron chi connectivity index (χ1n) is 6.36. The van der Waals surface area contributed by atoms with Crippen molar-refractivity contribution in [3.63, 3.8) is 0 Å². The number of esters is 2. The molecule has 2 aromatic rings. The van der Waals surface area contributed by atoms with Gasteiger partial charge in [-0.2, -0.15) is 4.37 Å². The molecule has 106 valence electrons. The first kappa shape index (κ1) is 14.5. The average Bonchev–Trinajstić information content (AvgIpc) is 2.84. The summed E-state index contributed by atoms with van der Waals surface area (Å²) < 4.78 is 14.2. The molecule has 0 aliphatic rings. The van der Waals surface area contributed by atoms with Gasteiger partial charge < -0.3 is 9.47 Å². The smallest absolute Gasteiger partial charge is 0.325 e. The van der Waals surface area contributed by atoms with Gasteiger partial charge in [0, 0.05) is 5.39 Å². The maximum atomic E-state index is 12.1. The molecule has 0 spiro atoms. The number of hydrogen-bond acceptors (Lipinski definition) is 6. The van der Waals surface area contributed by atoms with Gasteiger partial charge in [-0.3, -0.25) is 9.59 Å². The van der Waals surface area contributed by atoms with Crippen molar-refractivity contribution in [2.24, 2.45) is 0 Å². The molecule has 0 radical (unpaired) electrons. The van der Waals surface area contributed by atoms with E-state index in [4.69, 9.17) is 9.47 Å². The third-order valence-corrected chi connectivity index (χ3v) is 3.66. The van der Waals surface area contributed by atoms with Crippen molar-refractivity contribution in [3.05, 3.63) is 29.1 Å². The van der Waals surface area contributed by atoms with E-state index in [1.807, 2.05) is 24.3 Å². The van der Waals surface area contributed by atoms with E-state index in [1.54, 1.807) is 13.8 Å². The fourth-order valence-electron chi connectivity index (χ4n) is 1.88. The number of aromatic nitrogens is 1. The van der Waals surface area contributed by atoms with Crippen LogP contribution in [0.1, 0.15) is 24.6 Å². The molecule has 1 aromatic carbocycles. The van der Waals surface area contributed by atoms with Crippen LogP contribution in [0.4, 0.5) is 0 Å². The van der Waals surface area contributed by atoms with E-state index in [9.17, 15) is 9.59 Å². The van der Waals surface area contributed by atoms with E-state index < -0.39 is 17.9 Å². The minimum Gasteiger partial charge on any atom is -0.465 e. The van der Waals surface area contributed by atoms with Crippen molar-refractivity contribution < 1.29 is 19.1 Å². The molecule has 0 aliphatic carbocycles. The van der Waals surface area contributed by atoms with Crippen LogP contribution >= 0.6 is 11.5 Å². The molecule has 0 N–H and O–H groups in total. The van der Waals surface area contributed by atoms with Crippen LogP contribution in [-0.2, 0) is 19.1 Å². The third kappa shape index (κ3) is 2.80. The van der Waals surface area contributed by atoms with Gasteiger partial charge in [0.1, 0.15) is 0 Å². The number of hydrogen-bond donors (Lipinski definition) is 0. The van der Waals surface area contributed by atoms with Gasteiger partial charge in [-0.1, -0.05) is 18.2 Å². The highest BCUT2D eigenvalue weighted by Crippen LogP contribution is 2.31. The first-order valence-corrected chi connectivity index (χ1v) is 7.14. The summed E-state index contributed by atoms with van der Waals surface area (Å²) in [5.74, 6) is -2.26. The second kappa shape index (κ2) is 6.47. The van der Waals surface area contributed by atoms with Crippen molar-refractivity contribution in [3.8, 4) is 0 Å². The van der Waals surface area contributed by atoms with Crippen molar-refractivity contribution in [2.45, 2.75) is 19.8 Å². The minimum absolute atomic E-state index is 0.214. The molecular weight excluding hydrogens is 278 g/mol. The molecule has 0 saturated heterocycles. The topological polar surface area (TPSA) is 65.5 Å². The fourth-order valence-corrected chi connectivity index (χ4v) is 2.80. The van der Waals surface area contributed by atoms with Gasteiger partial charge in [-0.25, -0.2) is 0 Å². The Balaban J connectivity index is 2.44. The molecule has 0 amide bonds. The molecule has 1 heterocycles. The molecule has 0 fully saturated rings. The Morgan fingerprint density at radius 2 is 1.75 bits per heavy atom. The number of carbonyl (C=O) groups excluding carboxylic acids is 2. The zero-order chi connectivity index (χ0) is 14.5. The Morgan fingerprint density at radius 3 is 2.35 bits per heavy atom. The van der Waals surface area contributed by atoms with Gasteiger partial charge >= 0.3 is 11.9 Å². The summed E-state index contributed by atoms with van der Waals surface area (Å²) in [6, 6.07) is 7.37. The highest BCUT2D eigenvalue weighted by atomic mass is 32.1. The van der Waals surface area contributed by atoms with Gasteiger partial charge in [0.2, 0.25) is 0 Å². The summed E-state index contributed by atoms with van der Waals surface area (Å²) in [6.45, 7) is 3.83. The van der Waals surface area contributed by atoms with Crippen LogP contribution in [0.3, 0.4) is 0 Å². The summed E-state index contributed by atoms with van der Waals surface area (Å²) in [7, 11) is 0. The minimum atomic E-state index is -1.06. The standard InChI is InChI=1S/C14H15NO4S/c1-3-18-13(16)11(14(17)19-4-2)12-9-7-5-6-8-10(9)15-20-12/h5-8,11H,3-4H2,1-2H3. The van der Waals surface area contributed by atoms with Crippen LogP contribution in [0.25, 0.3) is 10.9 Å². The second-order valence-corrected chi connectivity index (χ2v) is 4.81. The van der Waals surface area contributed by atoms with Crippen LogP contribution in [0.2, 0.25) is 0 Å². The van der Waals surface area contributed by atoms with E-state index in [1.165, 1.54) is 0 Å². The lowest BCUT2D eigenvalue weighted by molar-refractivity contribution is -0.156. The Hall–Kier alpha value is -1.95. The maximum Gasteiger partial charge on any atom is 0.325 e. The van der Waals surface area contributed by atoms with Crippen molar-refractivity contribution in [2.75, 3.05) is 13.2 Å². The number of ether oxygens (including phenoxy) is 2. The Labute approximate surface area is 120 Å². The van der Waals surface area contributed by atoms with Crippen LogP contribution in [0.5, 0.6) is 0 Å². The highest BCUT2D eigenvalue weighted by Gasteiger charge is 2.34. The van der Waals surface area contributed by atoms with Crippen LogP contribution < -0.4 is 0 Å². The van der Waals surface area contributed by atoms with E-state index in [0.717, 1.165) is 22.4 Å². The molecular formula is C14H15NO4S. The average molecular weight is 293 g/mol. The second-order valence-electron chi connectivity index (χ2n) is 4.00. The van der Waals surface area contributed by atoms with Gasteiger partial charge in [0.15, 0.2) is 5.92 Å². The summed E-state index contributed by atoms with van der Waals surface area (Å²) in [4.78, 5) is 24.7. The van der Waals surface area contributed by atoms with Crippen LogP contribution in [-0.4, -0.2) is 29.5 Å². The molecule has 2 rings (SSSR count). The zero-order valence-corrected chi connectivity index (χ0v) is 12.1. The lowest BCUT2D eigenvalue weighted by atomic mass is 10.0. The Bertz CT molecular complexity index is 604. The predicted molar refractivity (Wildman–Crippen MR) is 75.6 cm³/mol. The summed E-state index contributed by atoms with van der Waals surface area (Å²) in [5.41, 5.74) is 0.756. The van der Waals surface area contributed by atoms with Crippen molar-refractivity contribution in [1.29, 1.82) is 0 Å². The van der Waals surface area contributed by atoms with Gasteiger partial charge in [0.05, 0.1) is 23.6 Å². The van der Waals surface area contributed by atoms with E-state index in [0.29, 0.717) is 4.88 Å². The lowest BCUT2D eigenvalue weighted by Crippen LogP contribution is -2.25. The molecule has 0 atom stereocenters. The van der Waals surface area contributed by atoms with Crippen LogP contribution in [0.15, 0.2) is 24.3 Å². The Morgan fingerprint density at radius 1 is 1.15 bits per heavy atom. The highest BCUT2D eigenvalue weighted by molar-refractivity contribution is 7.07. The number of carbonyl (C=O) groups is 2. The molecule has 5 nitrogen and oxygen atoms in total. The number of fused-ring (bicyclic) bond motifs is 1. The molecule has 0 bridgehead atoms. The quantitative estimate of drug-likeness (QED) is 0.626. The number of nitrogens with zero attached hydrogens (tertiary/aromatic N) is 1. The lowest BCUT2D eigenvalue weighted by Gasteiger charge is -2.12. The van der Waals surface area contributed by atoms with Gasteiger partial charge in [0.25, 0.3) is 0 Å². The normalized spacial score (nSPS) is 10.8. The third-order valence-electron chi connectivity index (χ3n) is 2.72. The SMILES string of the molecule is CCOC(=O)C(C(=O)OCC)c1snc2ccccc12. The molecule has 0 saturated carbocycles. The van der Waals surface area contributed by atoms with Gasteiger partial charge in [-0.15, -0.1) is 0 Å². The monoisotopic (exact) mass is 293 g/mol.